The molecule has 0 bridgehead atoms. The van der Waals surface area contributed by atoms with E-state index in [2.05, 4.69) is 25.1 Å². The minimum Gasteiger partial charge on any atom is -0.342 e. The Morgan fingerprint density at radius 1 is 1.23 bits per heavy atom. The van der Waals surface area contributed by atoms with Crippen LogP contribution in [0.1, 0.15) is 33.9 Å². The van der Waals surface area contributed by atoms with Crippen molar-refractivity contribution in [1.82, 2.24) is 20.0 Å². The molecule has 0 atom stereocenters. The number of H-pyrrole nitrogens is 1. The van der Waals surface area contributed by atoms with Crippen molar-refractivity contribution in [2.24, 2.45) is 5.10 Å². The Morgan fingerprint density at radius 2 is 2.03 bits per heavy atom. The van der Waals surface area contributed by atoms with Gasteiger partial charge in [-0.1, -0.05) is 41.9 Å². The van der Waals surface area contributed by atoms with Gasteiger partial charge in [-0.15, -0.1) is 0 Å². The summed E-state index contributed by atoms with van der Waals surface area (Å²) in [7, 11) is 1.76. The van der Waals surface area contributed by atoms with Gasteiger partial charge in [0, 0.05) is 53.8 Å². The first-order valence-corrected chi connectivity index (χ1v) is 10.1. The second-order valence-electron chi connectivity index (χ2n) is 6.97. The van der Waals surface area contributed by atoms with Gasteiger partial charge < -0.3 is 15.0 Å². The number of nitrogens with one attached hydrogen (secondary N) is 2. The highest BCUT2D eigenvalue weighted by atomic mass is 35.5. The molecule has 152 valence electrons. The quantitative estimate of drug-likeness (QED) is 0.252. The molecular weight excluding hydrogens is 398 g/mol. The van der Waals surface area contributed by atoms with Gasteiger partial charge >= 0.3 is 0 Å². The van der Waals surface area contributed by atoms with Crippen LogP contribution in [-0.4, -0.2) is 33.6 Å². The largest absolute Gasteiger partial charge is 0.342 e. The van der Waals surface area contributed by atoms with Crippen LogP contribution in [-0.2, 0) is 13.0 Å². The fourth-order valence-corrected chi connectivity index (χ4v) is 3.58. The second kappa shape index (κ2) is 8.97. The minimum absolute atomic E-state index is 0.115. The van der Waals surface area contributed by atoms with Crippen molar-refractivity contribution in [3.8, 4) is 0 Å². The zero-order chi connectivity index (χ0) is 20.9. The first-order chi connectivity index (χ1) is 14.7. The number of fused-ring (bicyclic) bond motifs is 1. The third-order valence-electron chi connectivity index (χ3n) is 4.91. The van der Waals surface area contributed by atoms with Crippen molar-refractivity contribution < 1.29 is 4.79 Å². The molecule has 2 aromatic heterocycles. The molecule has 2 heterocycles. The Morgan fingerprint density at radius 3 is 2.83 bits per heavy atom. The van der Waals surface area contributed by atoms with Gasteiger partial charge in [0.15, 0.2) is 5.82 Å². The van der Waals surface area contributed by atoms with Crippen molar-refractivity contribution in [3.05, 3.63) is 88.6 Å². The van der Waals surface area contributed by atoms with E-state index in [0.717, 1.165) is 35.0 Å². The molecule has 0 spiro atoms. The first-order valence-electron chi connectivity index (χ1n) is 9.75. The van der Waals surface area contributed by atoms with Crippen molar-refractivity contribution in [2.75, 3.05) is 7.05 Å². The summed E-state index contributed by atoms with van der Waals surface area (Å²) in [6.45, 7) is 0.652. The van der Waals surface area contributed by atoms with E-state index in [1.54, 1.807) is 19.5 Å². The van der Waals surface area contributed by atoms with Crippen LogP contribution in [0, 0.1) is 0 Å². The highest BCUT2D eigenvalue weighted by Gasteiger charge is 2.19. The van der Waals surface area contributed by atoms with E-state index in [4.69, 9.17) is 11.6 Å². The normalized spacial score (nSPS) is 11.4. The minimum atomic E-state index is -0.115. The lowest BCUT2D eigenvalue weighted by Crippen LogP contribution is -2.04. The van der Waals surface area contributed by atoms with E-state index in [1.165, 1.54) is 0 Å². The van der Waals surface area contributed by atoms with Crippen LogP contribution in [0.4, 0.5) is 0 Å². The lowest BCUT2D eigenvalue weighted by molar-refractivity contribution is 0.103. The summed E-state index contributed by atoms with van der Waals surface area (Å²) in [4.78, 5) is 20.7. The number of nitrogens with zero attached hydrogens (tertiary/aromatic N) is 3. The standard InChI is InChI=1S/C23H22ClN5O/c1-25-27-12-4-5-18-13-26-23(28-18)22(30)20-15-29(21-7-3-2-6-19(20)21)14-16-8-10-17(24)11-9-16/h2-3,6-13,15,25H,4-5,14H2,1H3,(H,26,28)/b27-12+. The topological polar surface area (TPSA) is 75.1 Å². The van der Waals surface area contributed by atoms with E-state index in [1.807, 2.05) is 54.7 Å². The van der Waals surface area contributed by atoms with Gasteiger partial charge in [0.1, 0.15) is 0 Å². The van der Waals surface area contributed by atoms with Crippen LogP contribution in [0.5, 0.6) is 0 Å². The van der Waals surface area contributed by atoms with Crippen LogP contribution < -0.4 is 5.43 Å². The van der Waals surface area contributed by atoms with Crippen molar-refractivity contribution in [3.63, 3.8) is 0 Å². The first kappa shape index (κ1) is 19.9. The lowest BCUT2D eigenvalue weighted by atomic mass is 10.1. The molecule has 6 nitrogen and oxygen atoms in total. The van der Waals surface area contributed by atoms with Crippen LogP contribution >= 0.6 is 11.6 Å². The summed E-state index contributed by atoms with van der Waals surface area (Å²) in [6.07, 6.45) is 6.92. The van der Waals surface area contributed by atoms with E-state index >= 15 is 0 Å². The summed E-state index contributed by atoms with van der Waals surface area (Å²) in [5, 5.41) is 5.58. The summed E-state index contributed by atoms with van der Waals surface area (Å²) >= 11 is 6.00. The molecule has 0 amide bonds. The van der Waals surface area contributed by atoms with Crippen LogP contribution in [0.3, 0.4) is 0 Å². The third kappa shape index (κ3) is 4.28. The Hall–Kier alpha value is -3.38. The molecule has 0 unspecified atom stereocenters. The molecule has 0 aliphatic rings. The maximum Gasteiger partial charge on any atom is 0.230 e. The molecule has 2 N–H and O–H groups in total. The predicted molar refractivity (Wildman–Crippen MR) is 120 cm³/mol. The smallest absolute Gasteiger partial charge is 0.230 e. The second-order valence-corrected chi connectivity index (χ2v) is 7.41. The molecule has 4 rings (SSSR count). The van der Waals surface area contributed by atoms with E-state index in [-0.39, 0.29) is 5.78 Å². The lowest BCUT2D eigenvalue weighted by Gasteiger charge is -2.05. The van der Waals surface area contributed by atoms with Gasteiger partial charge in [-0.25, -0.2) is 4.98 Å². The Bertz CT molecular complexity index is 1190. The Labute approximate surface area is 179 Å². The summed E-state index contributed by atoms with van der Waals surface area (Å²) in [6, 6.07) is 15.7. The van der Waals surface area contributed by atoms with E-state index in [0.29, 0.717) is 23.0 Å². The highest BCUT2D eigenvalue weighted by Crippen LogP contribution is 2.24. The zero-order valence-corrected chi connectivity index (χ0v) is 17.4. The molecule has 2 aromatic carbocycles. The average molecular weight is 420 g/mol. The number of para-hydroxylation sites is 1. The number of ketones is 1. The van der Waals surface area contributed by atoms with Crippen LogP contribution in [0.2, 0.25) is 5.02 Å². The number of aryl methyl sites for hydroxylation is 1. The number of benzene rings is 2. The molecule has 0 saturated carbocycles. The molecule has 0 aliphatic carbocycles. The summed E-state index contributed by atoms with van der Waals surface area (Å²) in [5.74, 6) is 0.237. The number of hydrogen-bond donors (Lipinski definition) is 2. The number of aromatic nitrogens is 3. The monoisotopic (exact) mass is 419 g/mol. The van der Waals surface area contributed by atoms with Crippen LogP contribution in [0.25, 0.3) is 10.9 Å². The third-order valence-corrected chi connectivity index (χ3v) is 5.16. The molecular formula is C23H22ClN5O. The number of rotatable bonds is 8. The fourth-order valence-electron chi connectivity index (χ4n) is 3.45. The number of hydrazone groups is 1. The molecule has 7 heteroatoms. The van der Waals surface area contributed by atoms with Gasteiger partial charge in [-0.2, -0.15) is 5.10 Å². The van der Waals surface area contributed by atoms with Crippen LogP contribution in [0.15, 0.2) is 66.0 Å². The van der Waals surface area contributed by atoms with Gasteiger partial charge in [0.25, 0.3) is 0 Å². The number of halogens is 1. The summed E-state index contributed by atoms with van der Waals surface area (Å²) < 4.78 is 2.09. The zero-order valence-electron chi connectivity index (χ0n) is 16.6. The van der Waals surface area contributed by atoms with Gasteiger partial charge in [-0.3, -0.25) is 4.79 Å². The Balaban J connectivity index is 1.61. The maximum atomic E-state index is 13.2. The molecule has 0 radical (unpaired) electrons. The van der Waals surface area contributed by atoms with Gasteiger partial charge in [0.05, 0.1) is 5.56 Å². The number of aromatic amines is 1. The molecule has 0 aliphatic heterocycles. The highest BCUT2D eigenvalue weighted by molar-refractivity contribution is 6.30. The fraction of sp³-hybridized carbons (Fsp3) is 0.174. The van der Waals surface area contributed by atoms with Gasteiger partial charge in [-0.05, 0) is 36.6 Å². The van der Waals surface area contributed by atoms with Crippen molar-refractivity contribution in [2.45, 2.75) is 19.4 Å². The van der Waals surface area contributed by atoms with Crippen molar-refractivity contribution >= 4 is 34.5 Å². The average Bonchev–Trinajstić information content (AvgIpc) is 3.38. The maximum absolute atomic E-state index is 13.2. The molecule has 0 saturated heterocycles. The SMILES string of the molecule is CN/N=C/CCc1cnc(C(=O)c2cn(Cc3ccc(Cl)cc3)c3ccccc23)[nH]1. The van der Waals surface area contributed by atoms with E-state index in [9.17, 15) is 4.79 Å². The number of carbonyl (C=O) groups is 1. The predicted octanol–water partition coefficient (Wildman–Crippen LogP) is 4.43. The molecule has 30 heavy (non-hydrogen) atoms. The number of imidazole rings is 1. The molecule has 0 fully saturated rings. The van der Waals surface area contributed by atoms with E-state index < -0.39 is 0 Å². The number of carbonyl (C=O) groups excluding carboxylic acids is 1. The summed E-state index contributed by atoms with van der Waals surface area (Å²) in [5.41, 5.74) is 6.38. The number of hydrogen-bond acceptors (Lipinski definition) is 4. The Kier molecular flexibility index (Phi) is 5.95. The van der Waals surface area contributed by atoms with Crippen molar-refractivity contribution in [1.29, 1.82) is 0 Å². The van der Waals surface area contributed by atoms with Gasteiger partial charge in [0.2, 0.25) is 5.78 Å². The molecule has 4 aromatic rings.